The monoisotopic (exact) mass is 270 g/mol. The molecule has 0 spiro atoms. The zero-order chi connectivity index (χ0) is 14.0. The Bertz CT molecular complexity index is 544. The van der Waals surface area contributed by atoms with Crippen molar-refractivity contribution in [2.75, 3.05) is 0 Å². The number of alkyl halides is 3. The smallest absolute Gasteiger partial charge is 0.413 e. The standard InChI is InChI=1S/C13H13F3N2O/c1-8(2)7-9-3-5-10(6-4-9)11-17-18-12(19-11)13(14,15)16/h3-6,8H,7H2,1-2H3. The SMILES string of the molecule is CC(C)Cc1ccc(-c2nnc(C(F)(F)F)o2)cc1. The highest BCUT2D eigenvalue weighted by Crippen LogP contribution is 2.30. The summed E-state index contributed by atoms with van der Waals surface area (Å²) in [5, 5.41) is 6.40. The maximum Gasteiger partial charge on any atom is 0.470 e. The van der Waals surface area contributed by atoms with Gasteiger partial charge in [0.05, 0.1) is 0 Å². The molecule has 0 bridgehead atoms. The molecule has 2 aromatic rings. The molecule has 6 heteroatoms. The summed E-state index contributed by atoms with van der Waals surface area (Å²) in [6.45, 7) is 4.20. The molecule has 0 aliphatic heterocycles. The first-order chi connectivity index (χ1) is 8.86. The minimum Gasteiger partial charge on any atom is -0.413 e. The molecule has 1 aromatic carbocycles. The third-order valence-electron chi connectivity index (χ3n) is 2.51. The molecule has 19 heavy (non-hydrogen) atoms. The predicted octanol–water partition coefficient (Wildman–Crippen LogP) is 3.95. The van der Waals surface area contributed by atoms with E-state index in [4.69, 9.17) is 0 Å². The van der Waals surface area contributed by atoms with Crippen molar-refractivity contribution in [2.45, 2.75) is 26.4 Å². The van der Waals surface area contributed by atoms with Crippen molar-refractivity contribution in [3.05, 3.63) is 35.7 Å². The number of aromatic nitrogens is 2. The molecular formula is C13H13F3N2O. The summed E-state index contributed by atoms with van der Waals surface area (Å²) in [6.07, 6.45) is -3.69. The van der Waals surface area contributed by atoms with E-state index < -0.39 is 12.1 Å². The van der Waals surface area contributed by atoms with Crippen LogP contribution in [0.25, 0.3) is 11.5 Å². The Morgan fingerprint density at radius 2 is 1.74 bits per heavy atom. The van der Waals surface area contributed by atoms with Crippen LogP contribution in [0.3, 0.4) is 0 Å². The second-order valence-corrected chi connectivity index (χ2v) is 4.71. The van der Waals surface area contributed by atoms with Crippen molar-refractivity contribution in [1.82, 2.24) is 10.2 Å². The van der Waals surface area contributed by atoms with Gasteiger partial charge in [0.15, 0.2) is 0 Å². The molecule has 2 rings (SSSR count). The molecule has 0 N–H and O–H groups in total. The second-order valence-electron chi connectivity index (χ2n) is 4.71. The van der Waals surface area contributed by atoms with E-state index in [1.165, 1.54) is 0 Å². The van der Waals surface area contributed by atoms with Crippen LogP contribution < -0.4 is 0 Å². The number of halogens is 3. The molecule has 3 nitrogen and oxygen atoms in total. The lowest BCUT2D eigenvalue weighted by atomic mass is 10.0. The predicted molar refractivity (Wildman–Crippen MR) is 63.3 cm³/mol. The Kier molecular flexibility index (Phi) is 3.59. The van der Waals surface area contributed by atoms with Crippen LogP contribution in [-0.2, 0) is 12.6 Å². The summed E-state index contributed by atoms with van der Waals surface area (Å²) < 4.78 is 41.6. The third-order valence-corrected chi connectivity index (χ3v) is 2.51. The van der Waals surface area contributed by atoms with Crippen LogP contribution in [0.5, 0.6) is 0 Å². The summed E-state index contributed by atoms with van der Waals surface area (Å²) in [4.78, 5) is 0. The quantitative estimate of drug-likeness (QED) is 0.847. The highest BCUT2D eigenvalue weighted by molar-refractivity contribution is 5.53. The number of hydrogen-bond acceptors (Lipinski definition) is 3. The van der Waals surface area contributed by atoms with Gasteiger partial charge in [-0.15, -0.1) is 10.2 Å². The molecule has 0 saturated heterocycles. The van der Waals surface area contributed by atoms with Crippen LogP contribution in [0.4, 0.5) is 13.2 Å². The normalized spacial score (nSPS) is 12.1. The molecule has 0 radical (unpaired) electrons. The maximum absolute atomic E-state index is 12.3. The van der Waals surface area contributed by atoms with E-state index in [2.05, 4.69) is 28.5 Å². The third kappa shape index (κ3) is 3.33. The molecule has 1 heterocycles. The zero-order valence-corrected chi connectivity index (χ0v) is 10.5. The van der Waals surface area contributed by atoms with Gasteiger partial charge >= 0.3 is 12.1 Å². The minimum absolute atomic E-state index is 0.122. The second kappa shape index (κ2) is 5.03. The van der Waals surface area contributed by atoms with E-state index in [1.54, 1.807) is 12.1 Å². The Balaban J connectivity index is 2.20. The van der Waals surface area contributed by atoms with Crippen LogP contribution in [0, 0.1) is 5.92 Å². The van der Waals surface area contributed by atoms with Gasteiger partial charge in [-0.05, 0) is 30.0 Å². The first-order valence-corrected chi connectivity index (χ1v) is 5.86. The maximum atomic E-state index is 12.3. The Morgan fingerprint density at radius 1 is 1.11 bits per heavy atom. The van der Waals surface area contributed by atoms with Gasteiger partial charge in [-0.2, -0.15) is 13.2 Å². The number of benzene rings is 1. The summed E-state index contributed by atoms with van der Waals surface area (Å²) >= 11 is 0. The van der Waals surface area contributed by atoms with Crippen molar-refractivity contribution < 1.29 is 17.6 Å². The summed E-state index contributed by atoms with van der Waals surface area (Å²) in [5.74, 6) is -0.928. The van der Waals surface area contributed by atoms with Gasteiger partial charge in [0.2, 0.25) is 5.89 Å². The lowest BCUT2D eigenvalue weighted by molar-refractivity contribution is -0.156. The molecule has 0 fully saturated rings. The van der Waals surface area contributed by atoms with Crippen LogP contribution in [0.2, 0.25) is 0 Å². The van der Waals surface area contributed by atoms with E-state index in [0.717, 1.165) is 12.0 Å². The van der Waals surface area contributed by atoms with E-state index in [0.29, 0.717) is 11.5 Å². The zero-order valence-electron chi connectivity index (χ0n) is 10.5. The van der Waals surface area contributed by atoms with Gasteiger partial charge < -0.3 is 4.42 Å². The minimum atomic E-state index is -4.61. The molecule has 102 valence electrons. The number of hydrogen-bond donors (Lipinski definition) is 0. The van der Waals surface area contributed by atoms with Crippen molar-refractivity contribution in [1.29, 1.82) is 0 Å². The van der Waals surface area contributed by atoms with Gasteiger partial charge in [-0.25, -0.2) is 0 Å². The van der Waals surface area contributed by atoms with Crippen molar-refractivity contribution in [2.24, 2.45) is 5.92 Å². The first kappa shape index (κ1) is 13.6. The lowest BCUT2D eigenvalue weighted by Crippen LogP contribution is -2.04. The fourth-order valence-corrected chi connectivity index (χ4v) is 1.71. The Hall–Kier alpha value is -1.85. The van der Waals surface area contributed by atoms with Gasteiger partial charge in [0.25, 0.3) is 0 Å². The summed E-state index contributed by atoms with van der Waals surface area (Å²) in [5.41, 5.74) is 1.60. The molecule has 0 unspecified atom stereocenters. The number of rotatable bonds is 3. The molecule has 0 aliphatic rings. The Labute approximate surface area is 108 Å². The molecule has 1 aromatic heterocycles. The van der Waals surface area contributed by atoms with Gasteiger partial charge in [-0.3, -0.25) is 0 Å². The topological polar surface area (TPSA) is 38.9 Å². The fraction of sp³-hybridized carbons (Fsp3) is 0.385. The van der Waals surface area contributed by atoms with E-state index in [1.807, 2.05) is 12.1 Å². The number of nitrogens with zero attached hydrogens (tertiary/aromatic N) is 2. The van der Waals surface area contributed by atoms with Crippen molar-refractivity contribution in [3.8, 4) is 11.5 Å². The van der Waals surface area contributed by atoms with Crippen LogP contribution in [0.1, 0.15) is 25.3 Å². The lowest BCUT2D eigenvalue weighted by Gasteiger charge is -2.04. The average Bonchev–Trinajstić information content (AvgIpc) is 2.78. The van der Waals surface area contributed by atoms with E-state index >= 15 is 0 Å². The summed E-state index contributed by atoms with van der Waals surface area (Å²) in [6, 6.07) is 7.08. The first-order valence-electron chi connectivity index (χ1n) is 5.86. The highest BCUT2D eigenvalue weighted by atomic mass is 19.4. The van der Waals surface area contributed by atoms with Crippen molar-refractivity contribution >= 4 is 0 Å². The highest BCUT2D eigenvalue weighted by Gasteiger charge is 2.38. The van der Waals surface area contributed by atoms with Gasteiger partial charge in [-0.1, -0.05) is 26.0 Å². The van der Waals surface area contributed by atoms with Crippen molar-refractivity contribution in [3.63, 3.8) is 0 Å². The van der Waals surface area contributed by atoms with E-state index in [-0.39, 0.29) is 5.89 Å². The molecule has 0 saturated carbocycles. The Morgan fingerprint density at radius 3 is 2.21 bits per heavy atom. The molecule has 0 aliphatic carbocycles. The molecule has 0 atom stereocenters. The van der Waals surface area contributed by atoms with Crippen LogP contribution >= 0.6 is 0 Å². The molecular weight excluding hydrogens is 257 g/mol. The molecule has 0 amide bonds. The summed E-state index contributed by atoms with van der Waals surface area (Å²) in [7, 11) is 0. The van der Waals surface area contributed by atoms with Crippen LogP contribution in [0.15, 0.2) is 28.7 Å². The average molecular weight is 270 g/mol. The van der Waals surface area contributed by atoms with Gasteiger partial charge in [0.1, 0.15) is 0 Å². The van der Waals surface area contributed by atoms with Gasteiger partial charge in [0, 0.05) is 5.56 Å². The fourth-order valence-electron chi connectivity index (χ4n) is 1.71. The van der Waals surface area contributed by atoms with E-state index in [9.17, 15) is 13.2 Å². The largest absolute Gasteiger partial charge is 0.470 e. The van der Waals surface area contributed by atoms with Crippen LogP contribution in [-0.4, -0.2) is 10.2 Å².